The van der Waals surface area contributed by atoms with Gasteiger partial charge in [0.2, 0.25) is 10.0 Å². The number of fused-ring (bicyclic) bond motifs is 1. The molecule has 11 heteroatoms. The van der Waals surface area contributed by atoms with Crippen LogP contribution in [-0.2, 0) is 30.7 Å². The highest BCUT2D eigenvalue weighted by Gasteiger charge is 2.28. The first-order valence-electron chi connectivity index (χ1n) is 11.5. The van der Waals surface area contributed by atoms with Crippen LogP contribution in [0.25, 0.3) is 22.3 Å². The van der Waals surface area contributed by atoms with Crippen molar-refractivity contribution < 1.29 is 8.42 Å². The van der Waals surface area contributed by atoms with Gasteiger partial charge in [0.15, 0.2) is 0 Å². The first-order valence-corrected chi connectivity index (χ1v) is 13.7. The summed E-state index contributed by atoms with van der Waals surface area (Å²) in [4.78, 5) is 30.3. The molecule has 1 fully saturated rings. The first kappa shape index (κ1) is 24.7. The fourth-order valence-electron chi connectivity index (χ4n) is 4.56. The zero-order valence-electron chi connectivity index (χ0n) is 19.9. The Labute approximate surface area is 216 Å². The summed E-state index contributed by atoms with van der Waals surface area (Å²) in [5.41, 5.74) is 2.54. The molecule has 0 spiro atoms. The van der Waals surface area contributed by atoms with E-state index in [1.54, 1.807) is 37.4 Å². The lowest BCUT2D eigenvalue weighted by molar-refractivity contribution is 0.181. The van der Waals surface area contributed by atoms with Crippen LogP contribution in [0.15, 0.2) is 73.6 Å². The van der Waals surface area contributed by atoms with Gasteiger partial charge in [-0.05, 0) is 35.4 Å². The van der Waals surface area contributed by atoms with Gasteiger partial charge in [0, 0.05) is 57.0 Å². The van der Waals surface area contributed by atoms with Gasteiger partial charge in [-0.3, -0.25) is 18.8 Å². The van der Waals surface area contributed by atoms with Gasteiger partial charge >= 0.3 is 5.69 Å². The number of halogens is 1. The lowest BCUT2D eigenvalue weighted by Gasteiger charge is -2.34. The second-order valence-electron chi connectivity index (χ2n) is 8.95. The van der Waals surface area contributed by atoms with E-state index in [9.17, 15) is 18.0 Å². The standard InChI is InChI=1S/C25H26BrN5O4S/c1-28-22-15-21(27-23(22)24(32)29(2)25(28)33)17-7-9-19(10-8-17)36(34,35)31-13-11-30(12-14-31)16-18-5-3-4-6-20(18)26/h3-10,15,27H,11-14,16H2,1-2H3. The lowest BCUT2D eigenvalue weighted by Crippen LogP contribution is -2.48. The number of aromatic nitrogens is 3. The van der Waals surface area contributed by atoms with Crippen molar-refractivity contribution in [3.05, 3.63) is 85.5 Å². The molecular formula is C25H26BrN5O4S. The topological polar surface area (TPSA) is 100 Å². The zero-order valence-corrected chi connectivity index (χ0v) is 22.3. The van der Waals surface area contributed by atoms with E-state index in [-0.39, 0.29) is 4.90 Å². The maximum Gasteiger partial charge on any atom is 0.331 e. The van der Waals surface area contributed by atoms with Gasteiger partial charge in [-0.2, -0.15) is 4.31 Å². The van der Waals surface area contributed by atoms with Crippen molar-refractivity contribution in [2.45, 2.75) is 11.4 Å². The van der Waals surface area contributed by atoms with Crippen LogP contribution < -0.4 is 11.2 Å². The molecule has 5 rings (SSSR count). The summed E-state index contributed by atoms with van der Waals surface area (Å²) in [6.07, 6.45) is 0. The van der Waals surface area contributed by atoms with Crippen LogP contribution in [0.5, 0.6) is 0 Å². The Hall–Kier alpha value is -2.99. The van der Waals surface area contributed by atoms with E-state index in [1.165, 1.54) is 21.5 Å². The molecule has 2 aromatic heterocycles. The van der Waals surface area contributed by atoms with Gasteiger partial charge < -0.3 is 4.98 Å². The molecule has 3 heterocycles. The van der Waals surface area contributed by atoms with Gasteiger partial charge in [0.1, 0.15) is 5.52 Å². The number of nitrogens with one attached hydrogen (secondary N) is 1. The molecule has 2 aromatic carbocycles. The first-order chi connectivity index (χ1) is 17.2. The van der Waals surface area contributed by atoms with Crippen molar-refractivity contribution in [1.82, 2.24) is 23.3 Å². The van der Waals surface area contributed by atoms with Crippen LogP contribution in [0.2, 0.25) is 0 Å². The Balaban J connectivity index is 1.32. The van der Waals surface area contributed by atoms with Crippen molar-refractivity contribution in [1.29, 1.82) is 0 Å². The van der Waals surface area contributed by atoms with E-state index in [1.807, 2.05) is 18.2 Å². The monoisotopic (exact) mass is 571 g/mol. The average Bonchev–Trinajstić information content (AvgIpc) is 3.34. The molecule has 188 valence electrons. The summed E-state index contributed by atoms with van der Waals surface area (Å²) in [5, 5.41) is 0. The minimum Gasteiger partial charge on any atom is -0.349 e. The largest absolute Gasteiger partial charge is 0.349 e. The van der Waals surface area contributed by atoms with Crippen LogP contribution in [0, 0.1) is 0 Å². The fraction of sp³-hybridized carbons (Fsp3) is 0.280. The van der Waals surface area contributed by atoms with Gasteiger partial charge in [0.05, 0.1) is 10.4 Å². The number of benzene rings is 2. The third-order valence-corrected chi connectivity index (χ3v) is 9.42. The summed E-state index contributed by atoms with van der Waals surface area (Å²) < 4.78 is 31.6. The Kier molecular flexibility index (Phi) is 6.50. The summed E-state index contributed by atoms with van der Waals surface area (Å²) in [7, 11) is -0.584. The number of hydrogen-bond donors (Lipinski definition) is 1. The third-order valence-electron chi connectivity index (χ3n) is 6.74. The fourth-order valence-corrected chi connectivity index (χ4v) is 6.39. The van der Waals surface area contributed by atoms with Crippen LogP contribution in [0.4, 0.5) is 0 Å². The maximum absolute atomic E-state index is 13.3. The Morgan fingerprint density at radius 2 is 1.58 bits per heavy atom. The molecule has 0 atom stereocenters. The molecule has 0 radical (unpaired) electrons. The van der Waals surface area contributed by atoms with Crippen molar-refractivity contribution in [3.8, 4) is 11.3 Å². The van der Waals surface area contributed by atoms with Crippen LogP contribution in [-0.4, -0.2) is 57.9 Å². The molecule has 0 amide bonds. The van der Waals surface area contributed by atoms with Gasteiger partial charge in [-0.15, -0.1) is 0 Å². The molecular weight excluding hydrogens is 546 g/mol. The average molecular weight is 572 g/mol. The summed E-state index contributed by atoms with van der Waals surface area (Å²) in [6.45, 7) is 2.92. The van der Waals surface area contributed by atoms with E-state index in [0.717, 1.165) is 21.1 Å². The lowest BCUT2D eigenvalue weighted by atomic mass is 10.1. The molecule has 0 bridgehead atoms. The molecule has 36 heavy (non-hydrogen) atoms. The minimum absolute atomic E-state index is 0.227. The van der Waals surface area contributed by atoms with Crippen LogP contribution >= 0.6 is 15.9 Å². The molecule has 0 aliphatic carbocycles. The van der Waals surface area contributed by atoms with Crippen molar-refractivity contribution in [2.75, 3.05) is 26.2 Å². The highest BCUT2D eigenvalue weighted by atomic mass is 79.9. The maximum atomic E-state index is 13.3. The number of piperazine rings is 1. The normalized spacial score (nSPS) is 15.5. The Morgan fingerprint density at radius 1 is 0.917 bits per heavy atom. The second kappa shape index (κ2) is 9.47. The van der Waals surface area contributed by atoms with Crippen molar-refractivity contribution in [3.63, 3.8) is 0 Å². The minimum atomic E-state index is -3.63. The number of hydrogen-bond acceptors (Lipinski definition) is 5. The predicted octanol–water partition coefficient (Wildman–Crippen LogP) is 2.50. The summed E-state index contributed by atoms with van der Waals surface area (Å²) in [6, 6.07) is 16.4. The van der Waals surface area contributed by atoms with Crippen molar-refractivity contribution in [2.24, 2.45) is 14.1 Å². The molecule has 0 saturated carbocycles. The molecule has 9 nitrogen and oxygen atoms in total. The number of sulfonamides is 1. The predicted molar refractivity (Wildman–Crippen MR) is 142 cm³/mol. The van der Waals surface area contributed by atoms with Gasteiger partial charge in [-0.1, -0.05) is 46.3 Å². The SMILES string of the molecule is Cn1c(=O)c2[nH]c(-c3ccc(S(=O)(=O)N4CCN(Cc5ccccc5Br)CC4)cc3)cc2n(C)c1=O. The van der Waals surface area contributed by atoms with Crippen LogP contribution in [0.3, 0.4) is 0 Å². The van der Waals surface area contributed by atoms with Crippen molar-refractivity contribution >= 4 is 37.0 Å². The number of H-pyrrole nitrogens is 1. The Morgan fingerprint density at radius 3 is 2.25 bits per heavy atom. The van der Waals surface area contributed by atoms with E-state index in [0.29, 0.717) is 42.9 Å². The van der Waals surface area contributed by atoms with Crippen LogP contribution in [0.1, 0.15) is 5.56 Å². The third kappa shape index (κ3) is 4.36. The molecule has 1 aliphatic heterocycles. The highest BCUT2D eigenvalue weighted by molar-refractivity contribution is 9.10. The molecule has 1 saturated heterocycles. The van der Waals surface area contributed by atoms with E-state index < -0.39 is 21.3 Å². The molecule has 1 aliphatic rings. The Bertz CT molecular complexity index is 1660. The second-order valence-corrected chi connectivity index (χ2v) is 11.7. The summed E-state index contributed by atoms with van der Waals surface area (Å²) >= 11 is 3.58. The molecule has 4 aromatic rings. The number of aromatic amines is 1. The quantitative estimate of drug-likeness (QED) is 0.396. The highest BCUT2D eigenvalue weighted by Crippen LogP contribution is 2.26. The zero-order chi connectivity index (χ0) is 25.6. The van der Waals surface area contributed by atoms with Gasteiger partial charge in [0.25, 0.3) is 5.56 Å². The molecule has 1 N–H and O–H groups in total. The number of aryl methyl sites for hydroxylation is 1. The van der Waals surface area contributed by atoms with E-state index in [2.05, 4.69) is 31.9 Å². The molecule has 0 unspecified atom stereocenters. The smallest absolute Gasteiger partial charge is 0.331 e. The van der Waals surface area contributed by atoms with Gasteiger partial charge in [-0.25, -0.2) is 13.2 Å². The van der Waals surface area contributed by atoms with E-state index in [4.69, 9.17) is 0 Å². The summed E-state index contributed by atoms with van der Waals surface area (Å²) in [5.74, 6) is 0. The number of nitrogens with zero attached hydrogens (tertiary/aromatic N) is 4. The van der Waals surface area contributed by atoms with E-state index >= 15 is 0 Å². The number of rotatable bonds is 5.